The molecule has 1 saturated carbocycles. The molecule has 2 N–H and O–H groups in total. The number of carboxylic acids is 1. The van der Waals surface area contributed by atoms with Gasteiger partial charge < -0.3 is 9.84 Å². The molecule has 1 aliphatic carbocycles. The van der Waals surface area contributed by atoms with Crippen molar-refractivity contribution in [3.8, 4) is 0 Å². The third kappa shape index (κ3) is 2.23. The highest BCUT2D eigenvalue weighted by Crippen LogP contribution is 2.40. The summed E-state index contributed by atoms with van der Waals surface area (Å²) in [6.07, 6.45) is 4.35. The topological polar surface area (TPSA) is 58.6 Å². The molecule has 2 fully saturated rings. The molecule has 3 atom stereocenters. The number of hydrogen-bond donors (Lipinski definition) is 2. The molecule has 1 aliphatic heterocycles. The number of carboxylic acid groups (broad SMARTS) is 1. The second kappa shape index (κ2) is 4.34. The highest BCUT2D eigenvalue weighted by molar-refractivity contribution is 5.79. The van der Waals surface area contributed by atoms with Crippen LogP contribution in [0.2, 0.25) is 0 Å². The van der Waals surface area contributed by atoms with Crippen molar-refractivity contribution < 1.29 is 14.6 Å². The lowest BCUT2D eigenvalue weighted by Crippen LogP contribution is -2.57. The fourth-order valence-electron chi connectivity index (χ4n) is 2.58. The van der Waals surface area contributed by atoms with Crippen molar-refractivity contribution in [1.29, 1.82) is 0 Å². The average molecular weight is 227 g/mol. The van der Waals surface area contributed by atoms with Crippen LogP contribution in [0.15, 0.2) is 0 Å². The fraction of sp³-hybridized carbons (Fsp3) is 0.917. The van der Waals surface area contributed by atoms with Gasteiger partial charge in [-0.05, 0) is 45.4 Å². The molecule has 1 saturated heterocycles. The number of hydrogen-bond acceptors (Lipinski definition) is 3. The Morgan fingerprint density at radius 1 is 1.50 bits per heavy atom. The Hall–Kier alpha value is -0.610. The summed E-state index contributed by atoms with van der Waals surface area (Å²) in [5.41, 5.74) is -0.772. The molecule has 0 aromatic heterocycles. The van der Waals surface area contributed by atoms with Gasteiger partial charge in [-0.3, -0.25) is 10.1 Å². The highest BCUT2D eigenvalue weighted by atomic mass is 16.5. The summed E-state index contributed by atoms with van der Waals surface area (Å²) in [5.74, 6) is -0.450. The normalized spacial score (nSPS) is 31.0. The van der Waals surface area contributed by atoms with Crippen LogP contribution in [0, 0.1) is 5.92 Å². The number of rotatable bonds is 5. The number of nitrogens with one attached hydrogen (secondary N) is 1. The van der Waals surface area contributed by atoms with Crippen LogP contribution in [0.4, 0.5) is 0 Å². The fourth-order valence-corrected chi connectivity index (χ4v) is 2.58. The van der Waals surface area contributed by atoms with Gasteiger partial charge in [-0.15, -0.1) is 0 Å². The van der Waals surface area contributed by atoms with E-state index in [4.69, 9.17) is 4.74 Å². The van der Waals surface area contributed by atoms with Gasteiger partial charge in [-0.2, -0.15) is 0 Å². The van der Waals surface area contributed by atoms with Gasteiger partial charge in [0, 0.05) is 12.6 Å². The predicted molar refractivity (Wildman–Crippen MR) is 60.3 cm³/mol. The lowest BCUT2D eigenvalue weighted by atomic mass is 9.93. The van der Waals surface area contributed by atoms with Crippen LogP contribution in [0.3, 0.4) is 0 Å². The van der Waals surface area contributed by atoms with Crippen LogP contribution >= 0.6 is 0 Å². The quantitative estimate of drug-likeness (QED) is 0.745. The van der Waals surface area contributed by atoms with Gasteiger partial charge in [0.05, 0.1) is 6.10 Å². The van der Waals surface area contributed by atoms with Gasteiger partial charge in [-0.25, -0.2) is 0 Å². The standard InChI is InChI=1S/C12H21NO3/c1-8(10-4-3-7-16-10)13-12(2,11(14)15)9-5-6-9/h8-10,13H,3-7H2,1-2H3,(H,14,15). The highest BCUT2D eigenvalue weighted by Gasteiger charge is 2.48. The van der Waals surface area contributed by atoms with Crippen molar-refractivity contribution in [3.05, 3.63) is 0 Å². The third-order valence-corrected chi connectivity index (χ3v) is 3.89. The molecular formula is C12H21NO3. The van der Waals surface area contributed by atoms with Crippen LogP contribution in [0.5, 0.6) is 0 Å². The van der Waals surface area contributed by atoms with Gasteiger partial charge in [0.25, 0.3) is 0 Å². The van der Waals surface area contributed by atoms with E-state index in [0.29, 0.717) is 0 Å². The zero-order valence-corrected chi connectivity index (χ0v) is 10.0. The van der Waals surface area contributed by atoms with E-state index in [-0.39, 0.29) is 18.1 Å². The Kier molecular flexibility index (Phi) is 3.22. The van der Waals surface area contributed by atoms with Gasteiger partial charge in [-0.1, -0.05) is 0 Å². The summed E-state index contributed by atoms with van der Waals surface area (Å²) >= 11 is 0. The third-order valence-electron chi connectivity index (χ3n) is 3.89. The maximum Gasteiger partial charge on any atom is 0.323 e. The second-order valence-corrected chi connectivity index (χ2v) is 5.27. The second-order valence-electron chi connectivity index (χ2n) is 5.27. The Bertz CT molecular complexity index is 271. The molecule has 0 bridgehead atoms. The number of aliphatic carboxylic acids is 1. The Labute approximate surface area is 96.4 Å². The molecule has 0 amide bonds. The Morgan fingerprint density at radius 2 is 2.19 bits per heavy atom. The van der Waals surface area contributed by atoms with E-state index in [1.165, 1.54) is 0 Å². The van der Waals surface area contributed by atoms with Crippen molar-refractivity contribution in [2.45, 2.75) is 57.2 Å². The zero-order valence-electron chi connectivity index (χ0n) is 10.0. The van der Waals surface area contributed by atoms with Gasteiger partial charge in [0.2, 0.25) is 0 Å². The maximum absolute atomic E-state index is 11.3. The number of carbonyl (C=O) groups is 1. The predicted octanol–water partition coefficient (Wildman–Crippen LogP) is 1.40. The Morgan fingerprint density at radius 3 is 2.62 bits per heavy atom. The molecular weight excluding hydrogens is 206 g/mol. The molecule has 16 heavy (non-hydrogen) atoms. The molecule has 2 rings (SSSR count). The monoisotopic (exact) mass is 227 g/mol. The first-order valence-corrected chi connectivity index (χ1v) is 6.16. The molecule has 4 heteroatoms. The largest absolute Gasteiger partial charge is 0.480 e. The minimum Gasteiger partial charge on any atom is -0.480 e. The van der Waals surface area contributed by atoms with Crippen molar-refractivity contribution in [3.63, 3.8) is 0 Å². The summed E-state index contributed by atoms with van der Waals surface area (Å²) in [7, 11) is 0. The maximum atomic E-state index is 11.3. The molecule has 0 spiro atoms. The van der Waals surface area contributed by atoms with Gasteiger partial charge in [0.1, 0.15) is 5.54 Å². The summed E-state index contributed by atoms with van der Waals surface area (Å²) in [6, 6.07) is 0.115. The summed E-state index contributed by atoms with van der Waals surface area (Å²) in [5, 5.41) is 12.6. The summed E-state index contributed by atoms with van der Waals surface area (Å²) < 4.78 is 5.59. The number of ether oxygens (including phenoxy) is 1. The van der Waals surface area contributed by atoms with E-state index in [1.54, 1.807) is 6.92 Å². The molecule has 0 aromatic carbocycles. The van der Waals surface area contributed by atoms with E-state index in [1.807, 2.05) is 6.92 Å². The van der Waals surface area contributed by atoms with Crippen LogP contribution < -0.4 is 5.32 Å². The van der Waals surface area contributed by atoms with E-state index in [2.05, 4.69) is 5.32 Å². The van der Waals surface area contributed by atoms with E-state index in [0.717, 1.165) is 32.3 Å². The SMILES string of the molecule is CC(NC(C)(C(=O)O)C1CC1)C1CCCO1. The minimum atomic E-state index is -0.772. The molecule has 3 unspecified atom stereocenters. The van der Waals surface area contributed by atoms with Crippen molar-refractivity contribution in [2.24, 2.45) is 5.92 Å². The Balaban J connectivity index is 1.97. The van der Waals surface area contributed by atoms with Gasteiger partial charge >= 0.3 is 5.97 Å². The smallest absolute Gasteiger partial charge is 0.323 e. The summed E-state index contributed by atoms with van der Waals surface area (Å²) in [4.78, 5) is 11.3. The van der Waals surface area contributed by atoms with Crippen molar-refractivity contribution in [1.82, 2.24) is 5.32 Å². The lowest BCUT2D eigenvalue weighted by molar-refractivity contribution is -0.145. The summed E-state index contributed by atoms with van der Waals surface area (Å²) in [6.45, 7) is 4.64. The molecule has 2 aliphatic rings. The van der Waals surface area contributed by atoms with Crippen LogP contribution in [-0.2, 0) is 9.53 Å². The lowest BCUT2D eigenvalue weighted by Gasteiger charge is -2.32. The van der Waals surface area contributed by atoms with Crippen molar-refractivity contribution in [2.75, 3.05) is 6.61 Å². The van der Waals surface area contributed by atoms with E-state index < -0.39 is 11.5 Å². The van der Waals surface area contributed by atoms with Crippen LogP contribution in [-0.4, -0.2) is 35.4 Å². The molecule has 92 valence electrons. The van der Waals surface area contributed by atoms with E-state index >= 15 is 0 Å². The first-order chi connectivity index (χ1) is 7.54. The molecule has 1 heterocycles. The molecule has 0 radical (unpaired) electrons. The average Bonchev–Trinajstić information content (AvgIpc) is 2.94. The first-order valence-electron chi connectivity index (χ1n) is 6.16. The van der Waals surface area contributed by atoms with Crippen molar-refractivity contribution >= 4 is 5.97 Å². The molecule has 4 nitrogen and oxygen atoms in total. The zero-order chi connectivity index (χ0) is 11.8. The van der Waals surface area contributed by atoms with E-state index in [9.17, 15) is 9.90 Å². The minimum absolute atomic E-state index is 0.115. The molecule has 0 aromatic rings. The van der Waals surface area contributed by atoms with Crippen LogP contribution in [0.1, 0.15) is 39.5 Å². The first kappa shape index (κ1) is 11.9. The van der Waals surface area contributed by atoms with Crippen LogP contribution in [0.25, 0.3) is 0 Å². The van der Waals surface area contributed by atoms with Gasteiger partial charge in [0.15, 0.2) is 0 Å².